The van der Waals surface area contributed by atoms with Gasteiger partial charge in [-0.25, -0.2) is 4.79 Å². The number of carboxylic acids is 1. The standard InChI is InChI=1S/C17H14N2O5/c1-11-2-6-13(17(21)22)10-15(11)18-16(20)9-5-12-3-7-14(8-4-12)19(23)24/h2-10H,1H3,(H,18,20)(H,21,22)/b9-5+. The second-order valence-electron chi connectivity index (χ2n) is 5.01. The van der Waals surface area contributed by atoms with E-state index in [4.69, 9.17) is 5.11 Å². The first-order valence-electron chi connectivity index (χ1n) is 6.94. The molecule has 0 unspecified atom stereocenters. The van der Waals surface area contributed by atoms with Crippen LogP contribution >= 0.6 is 0 Å². The van der Waals surface area contributed by atoms with Crippen LogP contribution in [0.3, 0.4) is 0 Å². The van der Waals surface area contributed by atoms with Gasteiger partial charge < -0.3 is 10.4 Å². The van der Waals surface area contributed by atoms with Crippen molar-refractivity contribution in [1.29, 1.82) is 0 Å². The third-order valence-corrected chi connectivity index (χ3v) is 3.27. The van der Waals surface area contributed by atoms with E-state index in [1.165, 1.54) is 48.6 Å². The van der Waals surface area contributed by atoms with Gasteiger partial charge in [-0.1, -0.05) is 6.07 Å². The summed E-state index contributed by atoms with van der Waals surface area (Å²) >= 11 is 0. The lowest BCUT2D eigenvalue weighted by molar-refractivity contribution is -0.384. The maximum absolute atomic E-state index is 11.9. The predicted molar refractivity (Wildman–Crippen MR) is 88.9 cm³/mol. The second kappa shape index (κ2) is 7.19. The van der Waals surface area contributed by atoms with E-state index in [1.807, 2.05) is 0 Å². The van der Waals surface area contributed by atoms with Crippen molar-refractivity contribution in [2.75, 3.05) is 5.32 Å². The van der Waals surface area contributed by atoms with Crippen LogP contribution in [0.5, 0.6) is 0 Å². The molecule has 0 aliphatic heterocycles. The number of carboxylic acid groups (broad SMARTS) is 1. The highest BCUT2D eigenvalue weighted by Crippen LogP contribution is 2.17. The number of benzene rings is 2. The van der Waals surface area contributed by atoms with Gasteiger partial charge in [0.2, 0.25) is 5.91 Å². The first-order valence-corrected chi connectivity index (χ1v) is 6.94. The third kappa shape index (κ3) is 4.26. The summed E-state index contributed by atoms with van der Waals surface area (Å²) in [5.74, 6) is -1.51. The molecule has 122 valence electrons. The van der Waals surface area contributed by atoms with E-state index in [1.54, 1.807) is 13.0 Å². The molecule has 2 N–H and O–H groups in total. The summed E-state index contributed by atoms with van der Waals surface area (Å²) in [6, 6.07) is 10.2. The number of hydrogen-bond donors (Lipinski definition) is 2. The number of carbonyl (C=O) groups excluding carboxylic acids is 1. The molecule has 0 saturated heterocycles. The molecule has 2 aromatic rings. The Morgan fingerprint density at radius 2 is 1.83 bits per heavy atom. The monoisotopic (exact) mass is 326 g/mol. The van der Waals surface area contributed by atoms with Crippen molar-refractivity contribution in [2.45, 2.75) is 6.92 Å². The minimum absolute atomic E-state index is 0.0299. The molecular formula is C17H14N2O5. The Bertz CT molecular complexity index is 825. The van der Waals surface area contributed by atoms with Crippen molar-refractivity contribution in [3.63, 3.8) is 0 Å². The van der Waals surface area contributed by atoms with Crippen LogP contribution in [0.4, 0.5) is 11.4 Å². The molecule has 1 amide bonds. The first kappa shape index (κ1) is 16.9. The van der Waals surface area contributed by atoms with E-state index < -0.39 is 16.8 Å². The molecule has 2 aromatic carbocycles. The summed E-state index contributed by atoms with van der Waals surface area (Å²) in [7, 11) is 0. The molecule has 0 aliphatic carbocycles. The van der Waals surface area contributed by atoms with E-state index in [-0.39, 0.29) is 11.3 Å². The van der Waals surface area contributed by atoms with Crippen molar-refractivity contribution < 1.29 is 19.6 Å². The number of nitro benzene ring substituents is 1. The van der Waals surface area contributed by atoms with Gasteiger partial charge >= 0.3 is 5.97 Å². The van der Waals surface area contributed by atoms with Crippen LogP contribution in [0.25, 0.3) is 6.08 Å². The Hall–Kier alpha value is -3.48. The maximum atomic E-state index is 11.9. The van der Waals surface area contributed by atoms with E-state index in [0.717, 1.165) is 5.56 Å². The van der Waals surface area contributed by atoms with Crippen LogP contribution in [0.2, 0.25) is 0 Å². The minimum Gasteiger partial charge on any atom is -0.478 e. The quantitative estimate of drug-likeness (QED) is 0.498. The third-order valence-electron chi connectivity index (χ3n) is 3.27. The highest BCUT2D eigenvalue weighted by Gasteiger charge is 2.08. The Morgan fingerprint density at radius 3 is 2.42 bits per heavy atom. The number of rotatable bonds is 5. The lowest BCUT2D eigenvalue weighted by Crippen LogP contribution is -2.10. The van der Waals surface area contributed by atoms with Gasteiger partial charge in [0.05, 0.1) is 10.5 Å². The minimum atomic E-state index is -1.08. The van der Waals surface area contributed by atoms with Gasteiger partial charge in [0, 0.05) is 23.9 Å². The number of nitrogens with zero attached hydrogens (tertiary/aromatic N) is 1. The number of aromatic carboxylic acids is 1. The van der Waals surface area contributed by atoms with Gasteiger partial charge in [-0.2, -0.15) is 0 Å². The summed E-state index contributed by atoms with van der Waals surface area (Å²) in [6.45, 7) is 1.75. The summed E-state index contributed by atoms with van der Waals surface area (Å²) in [5, 5.41) is 22.2. The van der Waals surface area contributed by atoms with Crippen molar-refractivity contribution in [3.8, 4) is 0 Å². The summed E-state index contributed by atoms with van der Waals surface area (Å²) < 4.78 is 0. The average Bonchev–Trinajstić information content (AvgIpc) is 2.55. The number of anilines is 1. The Labute approximate surface area is 137 Å². The molecule has 0 saturated carbocycles. The molecule has 7 heteroatoms. The number of carbonyl (C=O) groups is 2. The Kier molecular flexibility index (Phi) is 5.06. The number of hydrogen-bond acceptors (Lipinski definition) is 4. The molecule has 24 heavy (non-hydrogen) atoms. The van der Waals surface area contributed by atoms with E-state index in [9.17, 15) is 19.7 Å². The molecule has 0 aromatic heterocycles. The smallest absolute Gasteiger partial charge is 0.335 e. The highest BCUT2D eigenvalue weighted by molar-refractivity contribution is 6.03. The fraction of sp³-hybridized carbons (Fsp3) is 0.0588. The van der Waals surface area contributed by atoms with Crippen LogP contribution in [-0.2, 0) is 4.79 Å². The number of nitro groups is 1. The van der Waals surface area contributed by atoms with E-state index in [0.29, 0.717) is 11.3 Å². The predicted octanol–water partition coefficient (Wildman–Crippen LogP) is 3.25. The van der Waals surface area contributed by atoms with Gasteiger partial charge in [0.25, 0.3) is 5.69 Å². The molecule has 0 atom stereocenters. The van der Waals surface area contributed by atoms with Crippen LogP contribution in [0.15, 0.2) is 48.5 Å². The van der Waals surface area contributed by atoms with Crippen molar-refractivity contribution in [1.82, 2.24) is 0 Å². The van der Waals surface area contributed by atoms with Crippen molar-refractivity contribution in [2.24, 2.45) is 0 Å². The van der Waals surface area contributed by atoms with Gasteiger partial charge in [0.15, 0.2) is 0 Å². The lowest BCUT2D eigenvalue weighted by Gasteiger charge is -2.07. The van der Waals surface area contributed by atoms with E-state index in [2.05, 4.69) is 5.32 Å². The molecule has 0 bridgehead atoms. The topological polar surface area (TPSA) is 110 Å². The first-order chi connectivity index (χ1) is 11.4. The molecule has 0 spiro atoms. The zero-order valence-corrected chi connectivity index (χ0v) is 12.7. The average molecular weight is 326 g/mol. The van der Waals surface area contributed by atoms with Crippen LogP contribution in [0, 0.1) is 17.0 Å². The summed E-state index contributed by atoms with van der Waals surface area (Å²) in [6.07, 6.45) is 2.78. The Morgan fingerprint density at radius 1 is 1.17 bits per heavy atom. The van der Waals surface area contributed by atoms with Gasteiger partial charge in [-0.3, -0.25) is 14.9 Å². The van der Waals surface area contributed by atoms with E-state index >= 15 is 0 Å². The molecule has 0 radical (unpaired) electrons. The molecular weight excluding hydrogens is 312 g/mol. The zero-order chi connectivity index (χ0) is 17.7. The van der Waals surface area contributed by atoms with Gasteiger partial charge in [-0.05, 0) is 48.4 Å². The molecule has 0 aliphatic rings. The normalized spacial score (nSPS) is 10.5. The van der Waals surface area contributed by atoms with Crippen LogP contribution in [0.1, 0.15) is 21.5 Å². The highest BCUT2D eigenvalue weighted by atomic mass is 16.6. The molecule has 7 nitrogen and oxygen atoms in total. The second-order valence-corrected chi connectivity index (χ2v) is 5.01. The summed E-state index contributed by atoms with van der Waals surface area (Å²) in [4.78, 5) is 33.0. The summed E-state index contributed by atoms with van der Waals surface area (Å²) in [5.41, 5.74) is 1.82. The number of non-ortho nitro benzene ring substituents is 1. The Balaban J connectivity index is 2.09. The SMILES string of the molecule is Cc1ccc(C(=O)O)cc1NC(=O)/C=C/c1ccc([N+](=O)[O-])cc1. The number of amides is 1. The van der Waals surface area contributed by atoms with Gasteiger partial charge in [-0.15, -0.1) is 0 Å². The fourth-order valence-corrected chi connectivity index (χ4v) is 1.94. The fourth-order valence-electron chi connectivity index (χ4n) is 1.94. The molecule has 0 fully saturated rings. The zero-order valence-electron chi connectivity index (χ0n) is 12.7. The van der Waals surface area contributed by atoms with Crippen molar-refractivity contribution in [3.05, 3.63) is 75.3 Å². The molecule has 0 heterocycles. The van der Waals surface area contributed by atoms with Gasteiger partial charge in [0.1, 0.15) is 0 Å². The van der Waals surface area contributed by atoms with Crippen molar-refractivity contribution >= 4 is 29.3 Å². The maximum Gasteiger partial charge on any atom is 0.335 e. The number of nitrogens with one attached hydrogen (secondary N) is 1. The largest absolute Gasteiger partial charge is 0.478 e. The number of aryl methyl sites for hydroxylation is 1. The van der Waals surface area contributed by atoms with Crippen LogP contribution in [-0.4, -0.2) is 21.9 Å². The van der Waals surface area contributed by atoms with Crippen LogP contribution < -0.4 is 5.32 Å². The molecule has 2 rings (SSSR count). The lowest BCUT2D eigenvalue weighted by atomic mass is 10.1.